The third-order valence-electron chi connectivity index (χ3n) is 21.7. The molecule has 11 bridgehead atoms. The van der Waals surface area contributed by atoms with Gasteiger partial charge in [0.15, 0.2) is 29.9 Å². The topological polar surface area (TPSA) is 552 Å². The zero-order chi connectivity index (χ0) is 87.3. The van der Waals surface area contributed by atoms with Crippen molar-refractivity contribution in [1.82, 2.24) is 47.4 Å². The Hall–Kier alpha value is -9.77. The number of carbonyl (C=O) groups excluding carboxylic acids is 8. The molecule has 0 unspecified atom stereocenters. The molecule has 2 saturated heterocycles. The molecular formula is C82H107Cl2N11O25. The standard InChI is InChI=1S/C82H107Cl2N11O25/c1-8-10-11-12-13-14-15-16-23-87-24-25-88-82(6)35-60(115-39(5)73(82)105)119-72-70(104)69(103)57(36-85)118-81(72)120-71-55-30-43-31-56(71)117-54-22-19-42(29-48(54)84)68(102)66-79(111)92-64(80(112)113)46-32-44(96)33-52(98)61(46)45-27-40(17-20-51(45)97)62(76(108)94-66)91-77(109)63(43)90-74(106)49(34-58(86)99)89-78(110)65(67(101)41-18-21-53(116-55)47(83)28-41)93-75(107)50(26-38(3)4)95(7)37-59(100)114-9-2/h17-22,27-33,38-39,49-50,57,60,62-70,72-73,81,87-88,96-98,101-105H,8-16,23-26,34-37,85H2,1-7H3,(H2,86,99)(H,89,110)(H,90,106)(H,91,109)(H,92,111)(H,93,107)(H,94,108)(H,112,113)/t39-,49-,50+,57+,60-,62+,63+,64-,65+,66-,67+,68+,69+,70-,72+,73+,81-,82-/m0/s1. The molecule has 21 N–H and O–H groups in total. The lowest BCUT2D eigenvalue weighted by molar-refractivity contribution is -0.331. The normalized spacial score (nSPS) is 26.7. The van der Waals surface area contributed by atoms with Crippen molar-refractivity contribution < 1.29 is 122 Å². The second-order valence-corrected chi connectivity index (χ2v) is 32.0. The molecule has 7 aliphatic heterocycles. The number of aromatic hydroxyl groups is 3. The zero-order valence-electron chi connectivity index (χ0n) is 67.3. The summed E-state index contributed by atoms with van der Waals surface area (Å²) in [7, 11) is 1.44. The predicted octanol–water partition coefficient (Wildman–Crippen LogP) is 3.71. The van der Waals surface area contributed by atoms with Crippen molar-refractivity contribution >= 4 is 76.5 Å². The molecule has 5 aromatic rings. The number of nitrogens with two attached hydrogens (primary N) is 2. The Morgan fingerprint density at radius 3 is 1.92 bits per heavy atom. The van der Waals surface area contributed by atoms with Crippen LogP contribution in [0.2, 0.25) is 10.0 Å². The third-order valence-corrected chi connectivity index (χ3v) is 22.3. The maximum Gasteiger partial charge on any atom is 0.330 e. The van der Waals surface area contributed by atoms with Crippen molar-refractivity contribution in [2.24, 2.45) is 17.4 Å². The number of hydrogen-bond acceptors (Lipinski definition) is 28. The largest absolute Gasteiger partial charge is 0.508 e. The Kier molecular flexibility index (Phi) is 31.8. The molecule has 0 radical (unpaired) electrons. The third kappa shape index (κ3) is 22.3. The number of halogens is 2. The summed E-state index contributed by atoms with van der Waals surface area (Å²) in [5, 5.41) is 127. The van der Waals surface area contributed by atoms with Gasteiger partial charge in [0.2, 0.25) is 53.4 Å². The summed E-state index contributed by atoms with van der Waals surface area (Å²) >= 11 is 14.4. The highest BCUT2D eigenvalue weighted by molar-refractivity contribution is 6.32. The van der Waals surface area contributed by atoms with E-state index in [1.165, 1.54) is 56.2 Å². The van der Waals surface area contributed by atoms with Gasteiger partial charge in [-0.25, -0.2) is 4.79 Å². The van der Waals surface area contributed by atoms with Crippen LogP contribution in [0.4, 0.5) is 0 Å². The van der Waals surface area contributed by atoms with Gasteiger partial charge >= 0.3 is 11.9 Å². The number of aliphatic hydroxyl groups is 5. The average molecular weight is 1720 g/mol. The molecule has 0 spiro atoms. The molecule has 7 aliphatic rings. The van der Waals surface area contributed by atoms with Gasteiger partial charge < -0.3 is 133 Å². The van der Waals surface area contributed by atoms with E-state index in [1.807, 2.05) is 0 Å². The molecule has 5 aromatic carbocycles. The molecule has 0 aromatic heterocycles. The number of likely N-dealkylation sites (N-methyl/N-ethyl adjacent to an activating group) is 1. The van der Waals surface area contributed by atoms with E-state index in [2.05, 4.69) is 49.5 Å². The summed E-state index contributed by atoms with van der Waals surface area (Å²) < 4.78 is 44.9. The van der Waals surface area contributed by atoms with Gasteiger partial charge in [-0.1, -0.05) is 107 Å². The van der Waals surface area contributed by atoms with Gasteiger partial charge in [-0.3, -0.25) is 43.3 Å². The minimum absolute atomic E-state index is 0.000649. The van der Waals surface area contributed by atoms with Crippen LogP contribution in [0.15, 0.2) is 78.9 Å². The van der Waals surface area contributed by atoms with Crippen LogP contribution < -0.4 is 68.2 Å². The number of phenolic OH excluding ortho intramolecular Hbond substituents is 3. The number of nitrogens with zero attached hydrogens (tertiary/aromatic N) is 1. The molecule has 7 heterocycles. The van der Waals surface area contributed by atoms with E-state index in [4.69, 9.17) is 67.8 Å². The van der Waals surface area contributed by atoms with Crippen LogP contribution in [-0.2, 0) is 62.1 Å². The number of amides is 7. The van der Waals surface area contributed by atoms with Gasteiger partial charge in [0.05, 0.1) is 47.9 Å². The lowest BCUT2D eigenvalue weighted by Crippen LogP contribution is -2.66. The SMILES string of the molecule is CCCCCCCCCCNCCN[C@@]1(C)C[C@H](O[C@H]2[C@H](Oc3c4cc5cc3Oc3ccc(cc3Cl)[C@@H](O)[C@@H](NC(=O)[C@@H](CC(C)C)N(C)CC(=O)OCC)C(=O)N[C@@H](CC(N)=O)C(=O)N[C@H]5C(=O)N[C@H]3C(=O)N[C@H](C(=O)N[C@H](C(=O)O)c5cc(O)cc(O)c5-c5cc3ccc5O)[C@H](O)c3ccc(c(Cl)c3)O4)O[C@H](CN)[C@@H](O)[C@@H]2O)O[C@@H](C)[C@H]1O. The fourth-order valence-electron chi connectivity index (χ4n) is 15.3. The summed E-state index contributed by atoms with van der Waals surface area (Å²) in [6.45, 7) is 11.5. The molecule has 0 saturated carbocycles. The van der Waals surface area contributed by atoms with E-state index in [0.717, 1.165) is 92.5 Å². The van der Waals surface area contributed by atoms with Crippen molar-refractivity contribution in [3.63, 3.8) is 0 Å². The number of unbranched alkanes of at least 4 members (excludes halogenated alkanes) is 7. The van der Waals surface area contributed by atoms with Crippen molar-refractivity contribution in [3.05, 3.63) is 117 Å². The van der Waals surface area contributed by atoms with Crippen LogP contribution in [0.3, 0.4) is 0 Å². The first-order valence-electron chi connectivity index (χ1n) is 39.9. The number of carbonyl (C=O) groups is 9. The number of aliphatic hydroxyl groups excluding tert-OH is 5. The average Bonchev–Trinajstić information content (AvgIpc) is 0.762. The van der Waals surface area contributed by atoms with Crippen molar-refractivity contribution in [3.8, 4) is 57.1 Å². The zero-order valence-corrected chi connectivity index (χ0v) is 68.8. The molecule has 2 fully saturated rings. The maximum absolute atomic E-state index is 16.3. The van der Waals surface area contributed by atoms with E-state index >= 15 is 19.2 Å². The Bertz CT molecular complexity index is 4550. The van der Waals surface area contributed by atoms with Gasteiger partial charge in [-0.2, -0.15) is 0 Å². The highest BCUT2D eigenvalue weighted by Crippen LogP contribution is 2.50. The van der Waals surface area contributed by atoms with Crippen LogP contribution >= 0.6 is 23.2 Å². The number of ether oxygens (including phenoxy) is 7. The number of rotatable bonds is 29. The summed E-state index contributed by atoms with van der Waals surface area (Å²) in [6, 6.07) is -0.969. The molecule has 0 aliphatic carbocycles. The number of fused-ring (bicyclic) bond motifs is 15. The summed E-state index contributed by atoms with van der Waals surface area (Å²) in [6.07, 6.45) is -8.84. The fourth-order valence-corrected chi connectivity index (χ4v) is 15.7. The second-order valence-electron chi connectivity index (χ2n) is 31.2. The first-order valence-corrected chi connectivity index (χ1v) is 40.7. The number of aliphatic carboxylic acids is 1. The number of carboxylic acids is 1. The summed E-state index contributed by atoms with van der Waals surface area (Å²) in [5.41, 5.74) is 8.06. The molecular weight excluding hydrogens is 1610 g/mol. The lowest BCUT2D eigenvalue weighted by Gasteiger charge is -2.48. The number of nitrogens with one attached hydrogen (secondary N) is 8. The molecule has 38 heteroatoms. The predicted molar refractivity (Wildman–Crippen MR) is 431 cm³/mol. The maximum atomic E-state index is 16.3. The number of esters is 1. The smallest absolute Gasteiger partial charge is 0.330 e. The van der Waals surface area contributed by atoms with Crippen molar-refractivity contribution in [2.45, 2.75) is 221 Å². The Morgan fingerprint density at radius 2 is 1.30 bits per heavy atom. The van der Waals surface area contributed by atoms with Gasteiger partial charge in [0.1, 0.15) is 89.5 Å². The Balaban J connectivity index is 1.16. The summed E-state index contributed by atoms with van der Waals surface area (Å²) in [4.78, 5) is 134. The van der Waals surface area contributed by atoms with E-state index < -0.39 is 244 Å². The number of primary amides is 1. The van der Waals surface area contributed by atoms with E-state index in [-0.39, 0.29) is 58.6 Å². The fraction of sp³-hybridized carbons (Fsp3) is 0.524. The van der Waals surface area contributed by atoms with Gasteiger partial charge in [-0.15, -0.1) is 0 Å². The molecule has 120 heavy (non-hydrogen) atoms. The highest BCUT2D eigenvalue weighted by Gasteiger charge is 2.52. The van der Waals surface area contributed by atoms with Gasteiger partial charge in [0.25, 0.3) is 0 Å². The Morgan fingerprint density at radius 1 is 0.683 bits per heavy atom. The van der Waals surface area contributed by atoms with E-state index in [1.54, 1.807) is 34.6 Å². The second kappa shape index (κ2) is 41.2. The molecule has 7 amide bonds. The van der Waals surface area contributed by atoms with E-state index in [0.29, 0.717) is 13.1 Å². The first-order chi connectivity index (χ1) is 57.0. The van der Waals surface area contributed by atoms with Crippen LogP contribution in [0.1, 0.15) is 170 Å². The number of carboxylic acid groups (broad SMARTS) is 1. The monoisotopic (exact) mass is 1720 g/mol. The highest BCUT2D eigenvalue weighted by atomic mass is 35.5. The van der Waals surface area contributed by atoms with Gasteiger partial charge in [0, 0.05) is 54.4 Å². The molecule has 12 rings (SSSR count). The number of phenols is 3. The molecule has 36 nitrogen and oxygen atoms in total. The van der Waals surface area contributed by atoms with E-state index in [9.17, 15) is 69.9 Å². The molecule has 18 atom stereocenters. The van der Waals surface area contributed by atoms with Crippen LogP contribution in [-0.4, -0.2) is 229 Å². The van der Waals surface area contributed by atoms with Crippen molar-refractivity contribution in [2.75, 3.05) is 46.4 Å². The van der Waals surface area contributed by atoms with Crippen LogP contribution in [0.25, 0.3) is 11.1 Å². The number of benzene rings is 5. The number of hydrogen-bond donors (Lipinski definition) is 19. The first kappa shape index (κ1) is 92.5. The van der Waals surface area contributed by atoms with Crippen molar-refractivity contribution in [1.29, 1.82) is 0 Å². The quantitative estimate of drug-likeness (QED) is 0.0240. The van der Waals surface area contributed by atoms with Gasteiger partial charge in [-0.05, 0) is 130 Å². The lowest BCUT2D eigenvalue weighted by atomic mass is 9.85. The van der Waals surface area contributed by atoms with Crippen LogP contribution in [0, 0.1) is 5.92 Å². The minimum atomic E-state index is -2.37. The van der Waals surface area contributed by atoms with Crippen LogP contribution in [0.5, 0.6) is 46.0 Å². The Labute approximate surface area is 701 Å². The minimum Gasteiger partial charge on any atom is -0.508 e. The molecule has 654 valence electrons. The summed E-state index contributed by atoms with van der Waals surface area (Å²) in [5.74, 6) is -17.0.